The SMILES string of the molecule is C[C@@H]1CN([C@H](C)CO)C(=O)Cc2cc(NC(=O)Nc3ccc4c(c3)OCO4)ccc2O[C@H]1CN(C)C. The van der Waals surface area contributed by atoms with Crippen LogP contribution in [0.1, 0.15) is 19.4 Å². The maximum Gasteiger partial charge on any atom is 0.323 e. The number of aliphatic hydroxyl groups excluding tert-OH is 1. The molecule has 0 spiro atoms. The Balaban J connectivity index is 1.54. The number of fused-ring (bicyclic) bond motifs is 2. The molecule has 10 nitrogen and oxygen atoms in total. The van der Waals surface area contributed by atoms with Gasteiger partial charge in [0.05, 0.1) is 19.1 Å². The van der Waals surface area contributed by atoms with Crippen molar-refractivity contribution in [3.05, 3.63) is 42.0 Å². The molecular formula is C26H34N4O6. The Kier molecular flexibility index (Phi) is 7.85. The molecule has 0 aromatic heterocycles. The number of nitrogens with one attached hydrogen (secondary N) is 2. The van der Waals surface area contributed by atoms with E-state index in [9.17, 15) is 14.7 Å². The topological polar surface area (TPSA) is 113 Å². The molecule has 2 aliphatic heterocycles. The summed E-state index contributed by atoms with van der Waals surface area (Å²) >= 11 is 0. The molecule has 0 radical (unpaired) electrons. The van der Waals surface area contributed by atoms with Gasteiger partial charge in [-0.2, -0.15) is 0 Å². The van der Waals surface area contributed by atoms with E-state index in [2.05, 4.69) is 22.5 Å². The number of carbonyl (C=O) groups excluding carboxylic acids is 2. The van der Waals surface area contributed by atoms with Gasteiger partial charge >= 0.3 is 6.03 Å². The van der Waals surface area contributed by atoms with Crippen LogP contribution in [0.3, 0.4) is 0 Å². The van der Waals surface area contributed by atoms with Gasteiger partial charge in [-0.1, -0.05) is 6.92 Å². The van der Waals surface area contributed by atoms with Crippen LogP contribution in [-0.2, 0) is 11.2 Å². The Morgan fingerprint density at radius 3 is 2.47 bits per heavy atom. The summed E-state index contributed by atoms with van der Waals surface area (Å²) in [6, 6.07) is 9.73. The normalized spacial score (nSPS) is 20.1. The number of aliphatic hydroxyl groups is 1. The molecule has 0 fully saturated rings. The van der Waals surface area contributed by atoms with Crippen LogP contribution in [0.25, 0.3) is 0 Å². The molecule has 0 unspecified atom stereocenters. The number of ether oxygens (including phenoxy) is 3. The molecular weight excluding hydrogens is 464 g/mol. The summed E-state index contributed by atoms with van der Waals surface area (Å²) in [5.41, 5.74) is 1.77. The molecule has 2 aliphatic rings. The maximum absolute atomic E-state index is 13.3. The van der Waals surface area contributed by atoms with Crippen LogP contribution >= 0.6 is 0 Å². The van der Waals surface area contributed by atoms with Gasteiger partial charge in [-0.05, 0) is 51.4 Å². The van der Waals surface area contributed by atoms with E-state index in [4.69, 9.17) is 14.2 Å². The Labute approximate surface area is 211 Å². The predicted molar refractivity (Wildman–Crippen MR) is 136 cm³/mol. The number of amides is 3. The minimum atomic E-state index is -0.432. The molecule has 194 valence electrons. The Morgan fingerprint density at radius 2 is 1.78 bits per heavy atom. The Bertz CT molecular complexity index is 1110. The van der Waals surface area contributed by atoms with E-state index in [1.54, 1.807) is 41.3 Å². The minimum Gasteiger partial charge on any atom is -0.488 e. The molecule has 2 heterocycles. The van der Waals surface area contributed by atoms with Crippen LogP contribution in [0, 0.1) is 5.92 Å². The molecule has 2 aromatic carbocycles. The van der Waals surface area contributed by atoms with Crippen molar-refractivity contribution in [2.24, 2.45) is 5.92 Å². The number of nitrogens with zero attached hydrogens (tertiary/aromatic N) is 2. The fourth-order valence-electron chi connectivity index (χ4n) is 4.35. The lowest BCUT2D eigenvalue weighted by atomic mass is 10.0. The number of hydrogen-bond donors (Lipinski definition) is 3. The highest BCUT2D eigenvalue weighted by molar-refractivity contribution is 6.00. The minimum absolute atomic E-state index is 0.0431. The summed E-state index contributed by atoms with van der Waals surface area (Å²) in [5, 5.41) is 15.3. The van der Waals surface area contributed by atoms with Gasteiger partial charge in [-0.25, -0.2) is 4.79 Å². The number of rotatable bonds is 6. The van der Waals surface area contributed by atoms with Gasteiger partial charge in [0.2, 0.25) is 12.7 Å². The van der Waals surface area contributed by atoms with Gasteiger partial charge in [-0.3, -0.25) is 4.79 Å². The molecule has 4 rings (SSSR count). The first-order valence-corrected chi connectivity index (χ1v) is 12.1. The van der Waals surface area contributed by atoms with Crippen LogP contribution < -0.4 is 24.8 Å². The van der Waals surface area contributed by atoms with E-state index in [1.807, 2.05) is 21.0 Å². The molecule has 0 saturated heterocycles. The van der Waals surface area contributed by atoms with Crippen LogP contribution in [0.4, 0.5) is 16.2 Å². The summed E-state index contributed by atoms with van der Waals surface area (Å²) in [6.07, 6.45) is -0.0634. The van der Waals surface area contributed by atoms with Crippen molar-refractivity contribution in [3.8, 4) is 17.2 Å². The third-order valence-electron chi connectivity index (χ3n) is 6.35. The molecule has 0 saturated carbocycles. The number of carbonyl (C=O) groups is 2. The molecule has 3 atom stereocenters. The Morgan fingerprint density at radius 1 is 1.11 bits per heavy atom. The fourth-order valence-corrected chi connectivity index (χ4v) is 4.35. The second kappa shape index (κ2) is 11.0. The fraction of sp³-hybridized carbons (Fsp3) is 0.462. The molecule has 0 aliphatic carbocycles. The summed E-state index contributed by atoms with van der Waals surface area (Å²) < 4.78 is 17.1. The zero-order chi connectivity index (χ0) is 25.8. The number of anilines is 2. The average molecular weight is 499 g/mol. The predicted octanol–water partition coefficient (Wildman–Crippen LogP) is 2.77. The smallest absolute Gasteiger partial charge is 0.323 e. The second-order valence-electron chi connectivity index (χ2n) is 9.62. The largest absolute Gasteiger partial charge is 0.488 e. The lowest BCUT2D eigenvalue weighted by molar-refractivity contribution is -0.134. The van der Waals surface area contributed by atoms with E-state index in [0.717, 1.165) is 0 Å². The van der Waals surface area contributed by atoms with Crippen molar-refractivity contribution in [1.82, 2.24) is 9.80 Å². The molecule has 2 aromatic rings. The number of urea groups is 1. The summed E-state index contributed by atoms with van der Waals surface area (Å²) in [5.74, 6) is 1.77. The molecule has 3 amide bonds. The summed E-state index contributed by atoms with van der Waals surface area (Å²) in [4.78, 5) is 29.7. The second-order valence-corrected chi connectivity index (χ2v) is 9.62. The van der Waals surface area contributed by atoms with E-state index in [-0.39, 0.29) is 43.8 Å². The lowest BCUT2D eigenvalue weighted by Gasteiger charge is -2.33. The zero-order valence-corrected chi connectivity index (χ0v) is 21.1. The average Bonchev–Trinajstić information content (AvgIpc) is 3.31. The maximum atomic E-state index is 13.3. The third kappa shape index (κ3) is 6.00. The van der Waals surface area contributed by atoms with Gasteiger partial charge in [-0.15, -0.1) is 0 Å². The van der Waals surface area contributed by atoms with E-state index < -0.39 is 6.03 Å². The van der Waals surface area contributed by atoms with Crippen molar-refractivity contribution in [2.75, 3.05) is 51.2 Å². The number of likely N-dealkylation sites (N-methyl/N-ethyl adjacent to an activating group) is 1. The summed E-state index contributed by atoms with van der Waals surface area (Å²) in [6.45, 7) is 5.09. The van der Waals surface area contributed by atoms with Crippen LogP contribution in [-0.4, -0.2) is 79.6 Å². The van der Waals surface area contributed by atoms with E-state index in [0.29, 0.717) is 47.3 Å². The van der Waals surface area contributed by atoms with Crippen LogP contribution in [0.2, 0.25) is 0 Å². The Hall–Kier alpha value is -3.50. The van der Waals surface area contributed by atoms with Crippen molar-refractivity contribution >= 4 is 23.3 Å². The van der Waals surface area contributed by atoms with Crippen molar-refractivity contribution < 1.29 is 28.9 Å². The van der Waals surface area contributed by atoms with E-state index in [1.165, 1.54) is 0 Å². The van der Waals surface area contributed by atoms with Crippen molar-refractivity contribution in [1.29, 1.82) is 0 Å². The molecule has 0 bridgehead atoms. The van der Waals surface area contributed by atoms with Crippen LogP contribution in [0.5, 0.6) is 17.2 Å². The number of benzene rings is 2. The van der Waals surface area contributed by atoms with Crippen molar-refractivity contribution in [2.45, 2.75) is 32.4 Å². The van der Waals surface area contributed by atoms with Gasteiger partial charge in [0.15, 0.2) is 11.5 Å². The van der Waals surface area contributed by atoms with Gasteiger partial charge in [0.1, 0.15) is 11.9 Å². The monoisotopic (exact) mass is 498 g/mol. The third-order valence-corrected chi connectivity index (χ3v) is 6.35. The first kappa shape index (κ1) is 25.6. The van der Waals surface area contributed by atoms with Crippen LogP contribution in [0.15, 0.2) is 36.4 Å². The van der Waals surface area contributed by atoms with Crippen molar-refractivity contribution in [3.63, 3.8) is 0 Å². The van der Waals surface area contributed by atoms with Gasteiger partial charge in [0, 0.05) is 42.0 Å². The number of hydrogen-bond acceptors (Lipinski definition) is 7. The van der Waals surface area contributed by atoms with Gasteiger partial charge in [0.25, 0.3) is 0 Å². The summed E-state index contributed by atoms with van der Waals surface area (Å²) in [7, 11) is 3.96. The first-order chi connectivity index (χ1) is 17.2. The molecule has 3 N–H and O–H groups in total. The van der Waals surface area contributed by atoms with E-state index >= 15 is 0 Å². The standard InChI is InChI=1S/C26H34N4O6/c1-16-12-30(17(2)14-31)25(32)10-18-9-19(5-7-21(18)36-24(16)13-29(3)4)27-26(33)28-20-6-8-22-23(11-20)35-15-34-22/h5-9,11,16-17,24,31H,10,12-15H2,1-4H3,(H2,27,28,33)/t16-,17-,24+/m1/s1. The highest BCUT2D eigenvalue weighted by atomic mass is 16.7. The first-order valence-electron chi connectivity index (χ1n) is 12.1. The van der Waals surface area contributed by atoms with Gasteiger partial charge < -0.3 is 39.8 Å². The molecule has 10 heteroatoms. The lowest BCUT2D eigenvalue weighted by Crippen LogP contribution is -2.47. The quantitative estimate of drug-likeness (QED) is 0.561. The highest BCUT2D eigenvalue weighted by Crippen LogP contribution is 2.34. The zero-order valence-electron chi connectivity index (χ0n) is 21.1. The molecule has 36 heavy (non-hydrogen) atoms. The highest BCUT2D eigenvalue weighted by Gasteiger charge is 2.30.